The monoisotopic (exact) mass is 434 g/mol. The van der Waals surface area contributed by atoms with Crippen molar-refractivity contribution in [3.63, 3.8) is 0 Å². The van der Waals surface area contributed by atoms with E-state index in [1.54, 1.807) is 34.7 Å². The van der Waals surface area contributed by atoms with Crippen molar-refractivity contribution in [1.82, 2.24) is 19.0 Å². The van der Waals surface area contributed by atoms with Crippen LogP contribution in [-0.2, 0) is 17.9 Å². The van der Waals surface area contributed by atoms with E-state index in [-0.39, 0.29) is 24.1 Å². The third-order valence-electron chi connectivity index (χ3n) is 4.59. The van der Waals surface area contributed by atoms with Crippen LogP contribution in [0.1, 0.15) is 18.5 Å². The fourth-order valence-corrected chi connectivity index (χ4v) is 4.25. The van der Waals surface area contributed by atoms with Crippen LogP contribution in [0, 0.1) is 3.95 Å². The van der Waals surface area contributed by atoms with Gasteiger partial charge in [0.2, 0.25) is 5.91 Å². The SMILES string of the molecule is C=CCn1c(=S)sc2c(=O)n(CC(=O)N(C)C(C)c3ccc(Cl)cc3)cnc21. The molecule has 3 rings (SSSR count). The third kappa shape index (κ3) is 3.94. The van der Waals surface area contributed by atoms with Gasteiger partial charge in [-0.25, -0.2) is 4.98 Å². The Kier molecular flexibility index (Phi) is 6.12. The molecule has 0 aliphatic heterocycles. The highest BCUT2D eigenvalue weighted by Crippen LogP contribution is 2.21. The first-order valence-corrected chi connectivity index (χ1v) is 10.1. The van der Waals surface area contributed by atoms with Crippen LogP contribution in [0.25, 0.3) is 10.3 Å². The Labute approximate surface area is 176 Å². The molecule has 0 aliphatic carbocycles. The van der Waals surface area contributed by atoms with Crippen molar-refractivity contribution in [1.29, 1.82) is 0 Å². The van der Waals surface area contributed by atoms with E-state index in [2.05, 4.69) is 11.6 Å². The lowest BCUT2D eigenvalue weighted by Gasteiger charge is -2.25. The number of benzene rings is 1. The van der Waals surface area contributed by atoms with Gasteiger partial charge in [-0.3, -0.25) is 14.2 Å². The predicted octanol–water partition coefficient (Wildman–Crippen LogP) is 4.05. The maximum Gasteiger partial charge on any atom is 0.273 e. The second-order valence-electron chi connectivity index (χ2n) is 6.33. The molecule has 0 saturated carbocycles. The summed E-state index contributed by atoms with van der Waals surface area (Å²) in [4.78, 5) is 31.5. The average Bonchev–Trinajstić information content (AvgIpc) is 3.00. The van der Waals surface area contributed by atoms with E-state index in [0.717, 1.165) is 5.56 Å². The number of thiazole rings is 1. The number of nitrogens with zero attached hydrogens (tertiary/aromatic N) is 4. The predicted molar refractivity (Wildman–Crippen MR) is 116 cm³/mol. The van der Waals surface area contributed by atoms with Gasteiger partial charge in [-0.05, 0) is 36.8 Å². The van der Waals surface area contributed by atoms with Gasteiger partial charge in [-0.2, -0.15) is 0 Å². The highest BCUT2D eigenvalue weighted by molar-refractivity contribution is 7.73. The normalized spacial score (nSPS) is 12.1. The number of aromatic nitrogens is 3. The molecule has 1 aromatic carbocycles. The van der Waals surface area contributed by atoms with Crippen molar-refractivity contribution in [2.45, 2.75) is 26.1 Å². The molecule has 0 saturated heterocycles. The Morgan fingerprint density at radius 3 is 2.75 bits per heavy atom. The largest absolute Gasteiger partial charge is 0.337 e. The number of carbonyl (C=O) groups excluding carboxylic acids is 1. The maximum absolute atomic E-state index is 12.8. The van der Waals surface area contributed by atoms with Gasteiger partial charge in [0, 0.05) is 18.6 Å². The summed E-state index contributed by atoms with van der Waals surface area (Å²) in [5.41, 5.74) is 1.21. The van der Waals surface area contributed by atoms with Crippen LogP contribution in [0.5, 0.6) is 0 Å². The van der Waals surface area contributed by atoms with E-state index in [9.17, 15) is 9.59 Å². The van der Waals surface area contributed by atoms with Gasteiger partial charge in [-0.1, -0.05) is 41.1 Å². The molecular formula is C19H19ClN4O2S2. The summed E-state index contributed by atoms with van der Waals surface area (Å²) in [6.07, 6.45) is 3.09. The van der Waals surface area contributed by atoms with Crippen LogP contribution in [-0.4, -0.2) is 32.0 Å². The van der Waals surface area contributed by atoms with Crippen LogP contribution >= 0.6 is 35.2 Å². The number of halogens is 1. The number of allylic oxidation sites excluding steroid dienone is 1. The van der Waals surface area contributed by atoms with Crippen molar-refractivity contribution in [3.05, 3.63) is 68.1 Å². The Hall–Kier alpha value is -2.29. The molecule has 0 radical (unpaired) electrons. The molecule has 1 atom stereocenters. The summed E-state index contributed by atoms with van der Waals surface area (Å²) >= 11 is 12.4. The van der Waals surface area contributed by atoms with E-state index in [1.165, 1.54) is 22.2 Å². The summed E-state index contributed by atoms with van der Waals surface area (Å²) in [7, 11) is 1.71. The van der Waals surface area contributed by atoms with Gasteiger partial charge in [0.25, 0.3) is 5.56 Å². The number of rotatable bonds is 6. The summed E-state index contributed by atoms with van der Waals surface area (Å²) in [6.45, 7) is 6.01. The minimum atomic E-state index is -0.273. The topological polar surface area (TPSA) is 60.1 Å². The first-order chi connectivity index (χ1) is 13.3. The number of hydrogen-bond acceptors (Lipinski definition) is 5. The fourth-order valence-electron chi connectivity index (χ4n) is 2.81. The second-order valence-corrected chi connectivity index (χ2v) is 8.41. The summed E-state index contributed by atoms with van der Waals surface area (Å²) < 4.78 is 4.07. The zero-order valence-electron chi connectivity index (χ0n) is 15.5. The summed E-state index contributed by atoms with van der Waals surface area (Å²) in [6, 6.07) is 7.18. The van der Waals surface area contributed by atoms with E-state index in [4.69, 9.17) is 23.8 Å². The lowest BCUT2D eigenvalue weighted by Crippen LogP contribution is -2.35. The summed E-state index contributed by atoms with van der Waals surface area (Å²) in [5.74, 6) is -0.195. The van der Waals surface area contributed by atoms with Gasteiger partial charge in [-0.15, -0.1) is 6.58 Å². The number of amides is 1. The molecule has 0 aliphatic rings. The molecular weight excluding hydrogens is 416 g/mol. The third-order valence-corrected chi connectivity index (χ3v) is 6.27. The molecule has 0 N–H and O–H groups in total. The molecule has 0 fully saturated rings. The second kappa shape index (κ2) is 8.38. The molecule has 0 bridgehead atoms. The fraction of sp³-hybridized carbons (Fsp3) is 0.263. The first-order valence-electron chi connectivity index (χ1n) is 8.54. The lowest BCUT2D eigenvalue weighted by molar-refractivity contribution is -0.132. The molecule has 1 amide bonds. The quantitative estimate of drug-likeness (QED) is 0.433. The van der Waals surface area contributed by atoms with Gasteiger partial charge >= 0.3 is 0 Å². The van der Waals surface area contributed by atoms with Gasteiger partial charge in [0.05, 0.1) is 6.04 Å². The highest BCUT2D eigenvalue weighted by atomic mass is 35.5. The lowest BCUT2D eigenvalue weighted by atomic mass is 10.1. The first kappa shape index (κ1) is 20.4. The molecule has 9 heteroatoms. The molecule has 1 unspecified atom stereocenters. The molecule has 6 nitrogen and oxygen atoms in total. The number of fused-ring (bicyclic) bond motifs is 1. The Morgan fingerprint density at radius 2 is 2.11 bits per heavy atom. The molecule has 146 valence electrons. The van der Waals surface area contributed by atoms with Gasteiger partial charge in [0.15, 0.2) is 9.60 Å². The van der Waals surface area contributed by atoms with Crippen molar-refractivity contribution in [2.75, 3.05) is 7.05 Å². The smallest absolute Gasteiger partial charge is 0.273 e. The van der Waals surface area contributed by atoms with E-state index >= 15 is 0 Å². The zero-order chi connectivity index (χ0) is 20.4. The van der Waals surface area contributed by atoms with E-state index in [1.807, 2.05) is 19.1 Å². The van der Waals surface area contributed by atoms with Crippen LogP contribution in [0.15, 0.2) is 48.0 Å². The summed E-state index contributed by atoms with van der Waals surface area (Å²) in [5, 5.41) is 0.640. The minimum absolute atomic E-state index is 0.0949. The standard InChI is InChI=1S/C19H19ClN4O2S2/c1-4-9-24-17-16(28-19(24)27)18(26)23(11-21-17)10-15(25)22(3)12(2)13-5-7-14(20)8-6-13/h4-8,11-12H,1,9-10H2,2-3H3. The van der Waals surface area contributed by atoms with Crippen LogP contribution < -0.4 is 5.56 Å². The number of hydrogen-bond donors (Lipinski definition) is 0. The molecule has 2 aromatic heterocycles. The molecule has 0 spiro atoms. The molecule has 3 aromatic rings. The zero-order valence-corrected chi connectivity index (χ0v) is 17.9. The van der Waals surface area contributed by atoms with Crippen molar-refractivity contribution in [2.24, 2.45) is 0 Å². The van der Waals surface area contributed by atoms with Gasteiger partial charge in [0.1, 0.15) is 17.6 Å². The van der Waals surface area contributed by atoms with E-state index < -0.39 is 0 Å². The van der Waals surface area contributed by atoms with Gasteiger partial charge < -0.3 is 9.47 Å². The van der Waals surface area contributed by atoms with E-state index in [0.29, 0.717) is 25.9 Å². The Morgan fingerprint density at radius 1 is 1.43 bits per heavy atom. The Balaban J connectivity index is 1.85. The molecule has 2 heterocycles. The van der Waals surface area contributed by atoms with Crippen LogP contribution in [0.3, 0.4) is 0 Å². The van der Waals surface area contributed by atoms with Crippen LogP contribution in [0.4, 0.5) is 0 Å². The number of carbonyl (C=O) groups is 1. The highest BCUT2D eigenvalue weighted by Gasteiger charge is 2.19. The van der Waals surface area contributed by atoms with Crippen LogP contribution in [0.2, 0.25) is 5.02 Å². The average molecular weight is 435 g/mol. The van der Waals surface area contributed by atoms with Crippen molar-refractivity contribution in [3.8, 4) is 0 Å². The van der Waals surface area contributed by atoms with Crippen molar-refractivity contribution < 1.29 is 4.79 Å². The minimum Gasteiger partial charge on any atom is -0.337 e. The maximum atomic E-state index is 12.8. The van der Waals surface area contributed by atoms with Crippen molar-refractivity contribution >= 4 is 51.4 Å². The Bertz CT molecular complexity index is 1150. The number of likely N-dealkylation sites (N-methyl/N-ethyl adjacent to an activating group) is 1. The molecule has 28 heavy (non-hydrogen) atoms.